The smallest absolute Gasteiger partial charge is 0.229 e. The maximum atomic E-state index is 5.57. The first-order valence-electron chi connectivity index (χ1n) is 12.3. The van der Waals surface area contributed by atoms with Crippen molar-refractivity contribution in [1.82, 2.24) is 15.0 Å². The number of ether oxygens (including phenoxy) is 4. The predicted molar refractivity (Wildman–Crippen MR) is 145 cm³/mol. The minimum Gasteiger partial charge on any atom is -0.497 e. The Balaban J connectivity index is 1.60. The van der Waals surface area contributed by atoms with Crippen LogP contribution in [0.1, 0.15) is 11.1 Å². The van der Waals surface area contributed by atoms with Gasteiger partial charge in [-0.05, 0) is 29.7 Å². The normalized spacial score (nSPS) is 10.7. The Morgan fingerprint density at radius 1 is 0.676 bits per heavy atom. The molecule has 0 unspecified atom stereocenters. The van der Waals surface area contributed by atoms with Gasteiger partial charge >= 0.3 is 0 Å². The van der Waals surface area contributed by atoms with Gasteiger partial charge < -0.3 is 40.6 Å². The van der Waals surface area contributed by atoms with Crippen LogP contribution in [0.5, 0.6) is 11.5 Å². The van der Waals surface area contributed by atoms with Gasteiger partial charge in [-0.1, -0.05) is 30.3 Å². The zero-order chi connectivity index (χ0) is 26.1. The molecule has 11 nitrogen and oxygen atoms in total. The summed E-state index contributed by atoms with van der Waals surface area (Å²) in [6.07, 6.45) is 0.849. The molecule has 0 spiro atoms. The Morgan fingerprint density at radius 3 is 1.89 bits per heavy atom. The van der Waals surface area contributed by atoms with Gasteiger partial charge in [-0.15, -0.1) is 0 Å². The molecule has 0 aliphatic carbocycles. The molecule has 0 bridgehead atoms. The van der Waals surface area contributed by atoms with Gasteiger partial charge in [0.25, 0.3) is 0 Å². The van der Waals surface area contributed by atoms with E-state index in [2.05, 4.69) is 43.0 Å². The van der Waals surface area contributed by atoms with Crippen LogP contribution in [0.15, 0.2) is 48.5 Å². The van der Waals surface area contributed by atoms with Crippen LogP contribution >= 0.6 is 0 Å². The summed E-state index contributed by atoms with van der Waals surface area (Å²) in [7, 11) is 3.25. The summed E-state index contributed by atoms with van der Waals surface area (Å²) in [4.78, 5) is 13.6. The van der Waals surface area contributed by atoms with Crippen LogP contribution in [-0.2, 0) is 22.4 Å². The second-order valence-corrected chi connectivity index (χ2v) is 7.98. The Kier molecular flexibility index (Phi) is 12.2. The lowest BCUT2D eigenvalue weighted by atomic mass is 10.1. The Bertz CT molecular complexity index is 1030. The lowest BCUT2D eigenvalue weighted by molar-refractivity contribution is 0.0547. The molecule has 0 atom stereocenters. The zero-order valence-electron chi connectivity index (χ0n) is 21.5. The predicted octanol–water partition coefficient (Wildman–Crippen LogP) is 2.56. The van der Waals surface area contributed by atoms with Gasteiger partial charge in [-0.3, -0.25) is 0 Å². The van der Waals surface area contributed by atoms with Crippen LogP contribution in [0.25, 0.3) is 0 Å². The maximum Gasteiger partial charge on any atom is 0.229 e. The number of hydrogen-bond acceptors (Lipinski definition) is 11. The van der Waals surface area contributed by atoms with Crippen LogP contribution in [0.2, 0.25) is 0 Å². The SMILES string of the molecule is COc1cc(CNc2nc(NCCOCCOCCN)nc(NCCc3ccccc3)n2)cc(OC)c1. The number of hydrogen-bond donors (Lipinski definition) is 4. The topological polar surface area (TPSA) is 138 Å². The van der Waals surface area contributed by atoms with E-state index in [4.69, 9.17) is 24.7 Å². The summed E-state index contributed by atoms with van der Waals surface area (Å²) >= 11 is 0. The first kappa shape index (κ1) is 27.9. The molecule has 1 aromatic heterocycles. The van der Waals surface area contributed by atoms with E-state index in [0.29, 0.717) is 82.0 Å². The molecule has 5 N–H and O–H groups in total. The molecule has 0 radical (unpaired) electrons. The monoisotopic (exact) mass is 511 g/mol. The van der Waals surface area contributed by atoms with Gasteiger partial charge in [0.1, 0.15) is 11.5 Å². The number of anilines is 3. The summed E-state index contributed by atoms with van der Waals surface area (Å²) in [5.41, 5.74) is 7.61. The van der Waals surface area contributed by atoms with Crippen LogP contribution in [0.4, 0.5) is 17.8 Å². The fourth-order valence-corrected chi connectivity index (χ4v) is 3.37. The average Bonchev–Trinajstić information content (AvgIpc) is 2.93. The van der Waals surface area contributed by atoms with Gasteiger partial charge in [-0.2, -0.15) is 15.0 Å². The van der Waals surface area contributed by atoms with Crippen molar-refractivity contribution in [1.29, 1.82) is 0 Å². The molecule has 3 aromatic rings. The standard InChI is InChI=1S/C26H37N7O4/c1-34-22-16-21(17-23(18-22)35-2)19-30-26-32-24(28-10-8-20-6-4-3-5-7-20)31-25(33-26)29-11-13-37-15-14-36-12-9-27/h3-7,16-18H,8-15,19,27H2,1-2H3,(H3,28,29,30,31,32,33). The Hall–Kier alpha value is -3.67. The van der Waals surface area contributed by atoms with E-state index in [1.165, 1.54) is 5.56 Å². The molecular formula is C26H37N7O4. The fraction of sp³-hybridized carbons (Fsp3) is 0.423. The largest absolute Gasteiger partial charge is 0.497 e. The summed E-state index contributed by atoms with van der Waals surface area (Å²) in [5, 5.41) is 9.77. The lowest BCUT2D eigenvalue weighted by Crippen LogP contribution is -2.17. The molecule has 3 rings (SSSR count). The van der Waals surface area contributed by atoms with Gasteiger partial charge in [0.2, 0.25) is 17.8 Å². The first-order chi connectivity index (χ1) is 18.2. The highest BCUT2D eigenvalue weighted by Gasteiger charge is 2.08. The van der Waals surface area contributed by atoms with E-state index in [1.54, 1.807) is 14.2 Å². The van der Waals surface area contributed by atoms with Crippen molar-refractivity contribution in [3.63, 3.8) is 0 Å². The summed E-state index contributed by atoms with van der Waals surface area (Å²) < 4.78 is 21.6. The molecule has 200 valence electrons. The molecule has 2 aromatic carbocycles. The lowest BCUT2D eigenvalue weighted by Gasteiger charge is -2.13. The van der Waals surface area contributed by atoms with Gasteiger partial charge in [0.05, 0.1) is 40.6 Å². The fourth-order valence-electron chi connectivity index (χ4n) is 3.37. The molecule has 11 heteroatoms. The van der Waals surface area contributed by atoms with Crippen LogP contribution < -0.4 is 31.2 Å². The summed E-state index contributed by atoms with van der Waals surface area (Å²) in [6, 6.07) is 16.0. The minimum atomic E-state index is 0.442. The average molecular weight is 512 g/mol. The minimum absolute atomic E-state index is 0.442. The number of nitrogens with one attached hydrogen (secondary N) is 3. The van der Waals surface area contributed by atoms with Gasteiger partial charge in [-0.25, -0.2) is 0 Å². The molecule has 0 aliphatic rings. The number of rotatable bonds is 18. The molecule has 0 fully saturated rings. The maximum absolute atomic E-state index is 5.57. The molecule has 0 saturated heterocycles. The highest BCUT2D eigenvalue weighted by Crippen LogP contribution is 2.23. The number of nitrogens with zero attached hydrogens (tertiary/aromatic N) is 3. The Morgan fingerprint density at radius 2 is 1.27 bits per heavy atom. The third-order valence-electron chi connectivity index (χ3n) is 5.20. The van der Waals surface area contributed by atoms with Gasteiger partial charge in [0.15, 0.2) is 0 Å². The molecular weight excluding hydrogens is 474 g/mol. The van der Waals surface area contributed by atoms with E-state index in [1.807, 2.05) is 36.4 Å². The second-order valence-electron chi connectivity index (χ2n) is 7.98. The van der Waals surface area contributed by atoms with Crippen molar-refractivity contribution >= 4 is 17.8 Å². The molecule has 0 amide bonds. The van der Waals surface area contributed by atoms with Crippen LogP contribution in [0.3, 0.4) is 0 Å². The molecule has 37 heavy (non-hydrogen) atoms. The highest BCUT2D eigenvalue weighted by atomic mass is 16.5. The highest BCUT2D eigenvalue weighted by molar-refractivity contribution is 5.44. The van der Waals surface area contributed by atoms with E-state index < -0.39 is 0 Å². The number of aromatic nitrogens is 3. The molecule has 0 saturated carbocycles. The molecule has 1 heterocycles. The van der Waals surface area contributed by atoms with E-state index in [0.717, 1.165) is 12.0 Å². The summed E-state index contributed by atoms with van der Waals surface area (Å²) in [6.45, 7) is 4.24. The first-order valence-corrected chi connectivity index (χ1v) is 12.3. The summed E-state index contributed by atoms with van der Waals surface area (Å²) in [5.74, 6) is 2.80. The van der Waals surface area contributed by atoms with Crippen LogP contribution in [0, 0.1) is 0 Å². The third-order valence-corrected chi connectivity index (χ3v) is 5.20. The van der Waals surface area contributed by atoms with E-state index >= 15 is 0 Å². The Labute approximate surface area is 218 Å². The quantitative estimate of drug-likeness (QED) is 0.187. The van der Waals surface area contributed by atoms with E-state index in [9.17, 15) is 0 Å². The van der Waals surface area contributed by atoms with Gasteiger partial charge in [0, 0.05) is 32.2 Å². The zero-order valence-corrected chi connectivity index (χ0v) is 21.5. The van der Waals surface area contributed by atoms with Crippen molar-refractivity contribution in [2.24, 2.45) is 5.73 Å². The molecule has 0 aliphatic heterocycles. The van der Waals surface area contributed by atoms with Crippen molar-refractivity contribution in [3.8, 4) is 11.5 Å². The number of methoxy groups -OCH3 is 2. The van der Waals surface area contributed by atoms with Crippen molar-refractivity contribution in [2.45, 2.75) is 13.0 Å². The third kappa shape index (κ3) is 10.5. The van der Waals surface area contributed by atoms with Crippen molar-refractivity contribution < 1.29 is 18.9 Å². The second kappa shape index (κ2) is 16.1. The van der Waals surface area contributed by atoms with E-state index in [-0.39, 0.29) is 0 Å². The number of nitrogens with two attached hydrogens (primary N) is 1. The number of benzene rings is 2. The van der Waals surface area contributed by atoms with Crippen LogP contribution in [-0.4, -0.2) is 75.2 Å². The van der Waals surface area contributed by atoms with Crippen molar-refractivity contribution in [2.75, 3.05) is 76.2 Å². The van der Waals surface area contributed by atoms with Crippen molar-refractivity contribution in [3.05, 3.63) is 59.7 Å².